The van der Waals surface area contributed by atoms with E-state index in [0.717, 1.165) is 24.2 Å². The normalized spacial score (nSPS) is 15.6. The molecule has 0 aromatic heterocycles. The number of carbonyl (C=O) groups is 2. The summed E-state index contributed by atoms with van der Waals surface area (Å²) in [6, 6.07) is 7.45. The Morgan fingerprint density at radius 1 is 1.12 bits per heavy atom. The highest BCUT2D eigenvalue weighted by atomic mass is 16.6. The van der Waals surface area contributed by atoms with Crippen molar-refractivity contribution >= 4 is 12.1 Å². The monoisotopic (exact) mass is 349 g/mol. The first kappa shape index (κ1) is 19.1. The van der Waals surface area contributed by atoms with Crippen LogP contribution in [0, 0.1) is 0 Å². The molecule has 0 atom stereocenters. The van der Waals surface area contributed by atoms with Crippen molar-refractivity contribution in [3.8, 4) is 5.75 Å². The first-order valence-electron chi connectivity index (χ1n) is 8.57. The molecule has 0 saturated carbocycles. The Balaban J connectivity index is 1.80. The van der Waals surface area contributed by atoms with Gasteiger partial charge in [0.05, 0.1) is 13.5 Å². The second-order valence-corrected chi connectivity index (χ2v) is 7.18. The third-order valence-electron chi connectivity index (χ3n) is 3.90. The van der Waals surface area contributed by atoms with Gasteiger partial charge in [-0.1, -0.05) is 12.1 Å². The number of esters is 1. The van der Waals surface area contributed by atoms with E-state index in [2.05, 4.69) is 4.74 Å². The zero-order chi connectivity index (χ0) is 18.4. The molecule has 0 N–H and O–H groups in total. The molecule has 0 aliphatic carbocycles. The molecule has 1 fully saturated rings. The molecule has 6 nitrogen and oxygen atoms in total. The Labute approximate surface area is 149 Å². The van der Waals surface area contributed by atoms with Crippen LogP contribution in [-0.4, -0.2) is 48.9 Å². The van der Waals surface area contributed by atoms with Crippen molar-refractivity contribution in [1.29, 1.82) is 0 Å². The average Bonchev–Trinajstić information content (AvgIpc) is 2.55. The second-order valence-electron chi connectivity index (χ2n) is 7.18. The number of rotatable bonds is 4. The molecule has 0 bridgehead atoms. The van der Waals surface area contributed by atoms with Gasteiger partial charge in [-0.3, -0.25) is 4.79 Å². The first-order chi connectivity index (χ1) is 11.8. The lowest BCUT2D eigenvalue weighted by Crippen LogP contribution is -2.44. The van der Waals surface area contributed by atoms with Crippen molar-refractivity contribution in [3.05, 3.63) is 29.8 Å². The van der Waals surface area contributed by atoms with Gasteiger partial charge in [-0.2, -0.15) is 0 Å². The zero-order valence-electron chi connectivity index (χ0n) is 15.4. The summed E-state index contributed by atoms with van der Waals surface area (Å²) < 4.78 is 16.0. The van der Waals surface area contributed by atoms with Crippen molar-refractivity contribution < 1.29 is 23.8 Å². The molecule has 0 unspecified atom stereocenters. The number of hydrogen-bond donors (Lipinski definition) is 0. The van der Waals surface area contributed by atoms with E-state index in [-0.39, 0.29) is 24.6 Å². The SMILES string of the molecule is COC(=O)Cc1ccc(OC2CCN(C(=O)OC(C)(C)C)CC2)cc1. The lowest BCUT2D eigenvalue weighted by atomic mass is 10.1. The van der Waals surface area contributed by atoms with Crippen LogP contribution in [0.15, 0.2) is 24.3 Å². The van der Waals surface area contributed by atoms with E-state index in [1.54, 1.807) is 4.90 Å². The van der Waals surface area contributed by atoms with Crippen LogP contribution in [0.5, 0.6) is 5.75 Å². The maximum atomic E-state index is 12.1. The number of ether oxygens (including phenoxy) is 3. The number of hydrogen-bond acceptors (Lipinski definition) is 5. The van der Waals surface area contributed by atoms with Gasteiger partial charge < -0.3 is 19.1 Å². The van der Waals surface area contributed by atoms with Crippen LogP contribution in [0.2, 0.25) is 0 Å². The van der Waals surface area contributed by atoms with Gasteiger partial charge >= 0.3 is 12.1 Å². The number of methoxy groups -OCH3 is 1. The topological polar surface area (TPSA) is 65.1 Å². The smallest absolute Gasteiger partial charge is 0.410 e. The highest BCUT2D eigenvalue weighted by Crippen LogP contribution is 2.21. The number of benzene rings is 1. The fraction of sp³-hybridized carbons (Fsp3) is 0.579. The zero-order valence-corrected chi connectivity index (χ0v) is 15.4. The predicted molar refractivity (Wildman–Crippen MR) is 93.6 cm³/mol. The van der Waals surface area contributed by atoms with Gasteiger partial charge in [0.2, 0.25) is 0 Å². The third-order valence-corrected chi connectivity index (χ3v) is 3.90. The minimum atomic E-state index is -0.476. The molecule has 2 rings (SSSR count). The van der Waals surface area contributed by atoms with Crippen LogP contribution in [0.25, 0.3) is 0 Å². The van der Waals surface area contributed by atoms with E-state index in [1.165, 1.54) is 7.11 Å². The number of likely N-dealkylation sites (tertiary alicyclic amines) is 1. The van der Waals surface area contributed by atoms with E-state index >= 15 is 0 Å². The molecule has 138 valence electrons. The minimum Gasteiger partial charge on any atom is -0.490 e. The molecule has 1 aromatic carbocycles. The van der Waals surface area contributed by atoms with Crippen LogP contribution >= 0.6 is 0 Å². The quantitative estimate of drug-likeness (QED) is 0.781. The maximum Gasteiger partial charge on any atom is 0.410 e. The van der Waals surface area contributed by atoms with Gasteiger partial charge in [0.25, 0.3) is 0 Å². The Morgan fingerprint density at radius 3 is 2.24 bits per heavy atom. The highest BCUT2D eigenvalue weighted by molar-refractivity contribution is 5.72. The van der Waals surface area contributed by atoms with Crippen molar-refractivity contribution in [3.63, 3.8) is 0 Å². The molecule has 0 radical (unpaired) electrons. The Kier molecular flexibility index (Phi) is 6.28. The third kappa shape index (κ3) is 6.29. The molecule has 1 saturated heterocycles. The van der Waals surface area contributed by atoms with Crippen LogP contribution in [0.4, 0.5) is 4.79 Å². The minimum absolute atomic E-state index is 0.0742. The first-order valence-corrected chi connectivity index (χ1v) is 8.57. The standard InChI is InChI=1S/C19H27NO5/c1-19(2,3)25-18(22)20-11-9-16(10-12-20)24-15-7-5-14(6-8-15)13-17(21)23-4/h5-8,16H,9-13H2,1-4H3. The molecular formula is C19H27NO5. The molecule has 1 heterocycles. The second kappa shape index (κ2) is 8.23. The van der Waals surface area contributed by atoms with E-state index in [9.17, 15) is 9.59 Å². The molecule has 1 amide bonds. The summed E-state index contributed by atoms with van der Waals surface area (Å²) in [6.07, 6.45) is 1.60. The average molecular weight is 349 g/mol. The molecule has 6 heteroatoms. The number of nitrogens with zero attached hydrogens (tertiary/aromatic N) is 1. The highest BCUT2D eigenvalue weighted by Gasteiger charge is 2.27. The summed E-state index contributed by atoms with van der Waals surface area (Å²) in [5.74, 6) is 0.507. The Hall–Kier alpha value is -2.24. The summed E-state index contributed by atoms with van der Waals surface area (Å²) in [5, 5.41) is 0. The predicted octanol–water partition coefficient (Wildman–Crippen LogP) is 3.18. The van der Waals surface area contributed by atoms with Crippen LogP contribution in [0.1, 0.15) is 39.2 Å². The van der Waals surface area contributed by atoms with E-state index in [0.29, 0.717) is 13.1 Å². The van der Waals surface area contributed by atoms with Gasteiger partial charge in [0, 0.05) is 25.9 Å². The molecule has 1 aromatic rings. The van der Waals surface area contributed by atoms with Crippen LogP contribution in [0.3, 0.4) is 0 Å². The summed E-state index contributed by atoms with van der Waals surface area (Å²) >= 11 is 0. The summed E-state index contributed by atoms with van der Waals surface area (Å²) in [7, 11) is 1.38. The van der Waals surface area contributed by atoms with E-state index in [1.807, 2.05) is 45.0 Å². The molecular weight excluding hydrogens is 322 g/mol. The molecule has 0 spiro atoms. The van der Waals surface area contributed by atoms with Crippen molar-refractivity contribution in [2.45, 2.75) is 51.7 Å². The van der Waals surface area contributed by atoms with E-state index in [4.69, 9.17) is 9.47 Å². The fourth-order valence-corrected chi connectivity index (χ4v) is 2.60. The lowest BCUT2D eigenvalue weighted by molar-refractivity contribution is -0.139. The summed E-state index contributed by atoms with van der Waals surface area (Å²) in [6.45, 7) is 6.85. The number of piperidine rings is 1. The lowest BCUT2D eigenvalue weighted by Gasteiger charge is -2.33. The summed E-state index contributed by atoms with van der Waals surface area (Å²) in [5.41, 5.74) is 0.412. The van der Waals surface area contributed by atoms with Gasteiger partial charge in [0.1, 0.15) is 17.5 Å². The molecule has 25 heavy (non-hydrogen) atoms. The van der Waals surface area contributed by atoms with Gasteiger partial charge in [-0.25, -0.2) is 4.79 Å². The Morgan fingerprint density at radius 2 is 1.72 bits per heavy atom. The van der Waals surface area contributed by atoms with Crippen LogP contribution in [-0.2, 0) is 20.7 Å². The van der Waals surface area contributed by atoms with Gasteiger partial charge in [-0.05, 0) is 38.5 Å². The van der Waals surface area contributed by atoms with Crippen LogP contribution < -0.4 is 4.74 Å². The summed E-state index contributed by atoms with van der Waals surface area (Å²) in [4.78, 5) is 25.0. The number of amides is 1. The van der Waals surface area contributed by atoms with Crippen molar-refractivity contribution in [1.82, 2.24) is 4.90 Å². The van der Waals surface area contributed by atoms with Gasteiger partial charge in [-0.15, -0.1) is 0 Å². The maximum absolute atomic E-state index is 12.1. The number of carbonyl (C=O) groups excluding carboxylic acids is 2. The van der Waals surface area contributed by atoms with Gasteiger partial charge in [0.15, 0.2) is 0 Å². The largest absolute Gasteiger partial charge is 0.490 e. The van der Waals surface area contributed by atoms with Crippen molar-refractivity contribution in [2.24, 2.45) is 0 Å². The molecule has 1 aliphatic rings. The Bertz CT molecular complexity index is 583. The molecule has 1 aliphatic heterocycles. The fourth-order valence-electron chi connectivity index (χ4n) is 2.60. The van der Waals surface area contributed by atoms with E-state index < -0.39 is 5.60 Å². The van der Waals surface area contributed by atoms with Crippen molar-refractivity contribution in [2.75, 3.05) is 20.2 Å².